The lowest BCUT2D eigenvalue weighted by atomic mass is 10.1. The summed E-state index contributed by atoms with van der Waals surface area (Å²) < 4.78 is 0. The van der Waals surface area contributed by atoms with Crippen molar-refractivity contribution in [2.75, 3.05) is 26.2 Å². The van der Waals surface area contributed by atoms with E-state index in [1.165, 1.54) is 90.1 Å². The largest absolute Gasteiger partial charge is 0.383 e. The molecule has 0 spiro atoms. The number of carbonyl (C=O) groups is 2. The van der Waals surface area contributed by atoms with Gasteiger partial charge in [0.1, 0.15) is 6.10 Å². The molecule has 4 N–H and O–H groups in total. The van der Waals surface area contributed by atoms with Crippen molar-refractivity contribution in [1.29, 1.82) is 0 Å². The molecular weight excluding hydrogens is 414 g/mol. The van der Waals surface area contributed by atoms with Gasteiger partial charge >= 0.3 is 0 Å². The fourth-order valence-corrected chi connectivity index (χ4v) is 3.61. The third kappa shape index (κ3) is 25.3. The lowest BCUT2D eigenvalue weighted by Crippen LogP contribution is -2.41. The molecular formula is C27H57N3O3. The molecule has 198 valence electrons. The van der Waals surface area contributed by atoms with E-state index in [0.717, 1.165) is 19.3 Å². The number of aliphatic hydroxyl groups is 1. The number of rotatable bonds is 22. The van der Waals surface area contributed by atoms with E-state index in [-0.39, 0.29) is 12.3 Å². The lowest BCUT2D eigenvalue weighted by molar-refractivity contribution is -0.143. The number of nitrogens with one attached hydrogen (secondary N) is 1. The summed E-state index contributed by atoms with van der Waals surface area (Å²) in [5.41, 5.74) is 5.04. The van der Waals surface area contributed by atoms with Crippen LogP contribution >= 0.6 is 0 Å². The number of primary amides is 1. The Morgan fingerprint density at radius 1 is 0.697 bits per heavy atom. The summed E-state index contributed by atoms with van der Waals surface area (Å²) in [7, 11) is 0. The summed E-state index contributed by atoms with van der Waals surface area (Å²) in [6.07, 6.45) is 17.0. The van der Waals surface area contributed by atoms with Crippen LogP contribution in [0.3, 0.4) is 0 Å². The number of nitrogens with zero attached hydrogens (tertiary/aromatic N) is 1. The van der Waals surface area contributed by atoms with Crippen LogP contribution in [0.5, 0.6) is 0 Å². The van der Waals surface area contributed by atoms with Gasteiger partial charge in [-0.2, -0.15) is 0 Å². The summed E-state index contributed by atoms with van der Waals surface area (Å²) in [6.45, 7) is 12.4. The van der Waals surface area contributed by atoms with Gasteiger partial charge in [-0.1, -0.05) is 98.3 Å². The van der Waals surface area contributed by atoms with Crippen LogP contribution in [0.1, 0.15) is 130 Å². The summed E-state index contributed by atoms with van der Waals surface area (Å²) in [6, 6.07) is 0. The first-order chi connectivity index (χ1) is 15.9. The Bertz CT molecular complexity index is 427. The number of nitrogens with two attached hydrogens (primary N) is 1. The lowest BCUT2D eigenvalue weighted by Gasteiger charge is -2.24. The fraction of sp³-hybridized carbons (Fsp3) is 0.926. The molecule has 0 fully saturated rings. The molecule has 2 amide bonds. The van der Waals surface area contributed by atoms with Crippen LogP contribution in [0.2, 0.25) is 0 Å². The molecule has 0 radical (unpaired) electrons. The molecule has 0 aromatic carbocycles. The van der Waals surface area contributed by atoms with E-state index in [2.05, 4.69) is 26.1 Å². The second-order valence-corrected chi connectivity index (χ2v) is 9.15. The Morgan fingerprint density at radius 3 is 1.58 bits per heavy atom. The minimum Gasteiger partial charge on any atom is -0.383 e. The average Bonchev–Trinajstić information content (AvgIpc) is 2.79. The predicted molar refractivity (Wildman–Crippen MR) is 141 cm³/mol. The van der Waals surface area contributed by atoms with Crippen molar-refractivity contribution in [2.45, 2.75) is 137 Å². The number of carbonyl (C=O) groups excluding carboxylic acids is 2. The summed E-state index contributed by atoms with van der Waals surface area (Å²) in [4.78, 5) is 24.6. The van der Waals surface area contributed by atoms with Gasteiger partial charge in [0.25, 0.3) is 5.91 Å². The number of hydrogen-bond acceptors (Lipinski definition) is 4. The van der Waals surface area contributed by atoms with Crippen LogP contribution in [0.25, 0.3) is 0 Å². The second-order valence-electron chi connectivity index (χ2n) is 9.15. The fourth-order valence-electron chi connectivity index (χ4n) is 3.61. The maximum absolute atomic E-state index is 12.1. The van der Waals surface area contributed by atoms with Crippen LogP contribution in [0.15, 0.2) is 0 Å². The van der Waals surface area contributed by atoms with Crippen LogP contribution in [0.4, 0.5) is 0 Å². The van der Waals surface area contributed by atoms with Crippen molar-refractivity contribution in [1.82, 2.24) is 10.2 Å². The highest BCUT2D eigenvalue weighted by atomic mass is 16.3. The van der Waals surface area contributed by atoms with Crippen molar-refractivity contribution in [3.05, 3.63) is 0 Å². The Balaban J connectivity index is 0. The highest BCUT2D eigenvalue weighted by Gasteiger charge is 2.22. The van der Waals surface area contributed by atoms with Crippen molar-refractivity contribution in [2.24, 2.45) is 5.73 Å². The standard InChI is InChI=1S/C19H38N2O3.C8H19N/c1-3-5-6-7-8-9-10-11-12-13-15-21(14-4-2)19(24)17(22)16-18(20)23;1-3-5-7-9-8-6-4-2/h17,22H,3-16H2,1-2H3,(H2,20,23);9H,3-8H2,1-2H3. The molecule has 0 aromatic rings. The maximum atomic E-state index is 12.1. The first-order valence-electron chi connectivity index (χ1n) is 13.9. The smallest absolute Gasteiger partial charge is 0.251 e. The number of aliphatic hydroxyl groups excluding tert-OH is 1. The second kappa shape index (κ2) is 27.1. The van der Waals surface area contributed by atoms with Crippen molar-refractivity contribution in [3.8, 4) is 0 Å². The Kier molecular flexibility index (Phi) is 28.0. The van der Waals surface area contributed by atoms with E-state index >= 15 is 0 Å². The molecule has 1 atom stereocenters. The number of hydrogen-bond donors (Lipinski definition) is 3. The van der Waals surface area contributed by atoms with E-state index in [0.29, 0.717) is 13.1 Å². The first-order valence-corrected chi connectivity index (χ1v) is 13.9. The molecule has 0 heterocycles. The van der Waals surface area contributed by atoms with Gasteiger partial charge in [0.15, 0.2) is 0 Å². The molecule has 0 aliphatic heterocycles. The Hall–Kier alpha value is -1.14. The Labute approximate surface area is 205 Å². The monoisotopic (exact) mass is 471 g/mol. The average molecular weight is 472 g/mol. The molecule has 0 saturated heterocycles. The van der Waals surface area contributed by atoms with E-state index in [4.69, 9.17) is 5.73 Å². The molecule has 33 heavy (non-hydrogen) atoms. The van der Waals surface area contributed by atoms with Gasteiger partial charge in [0.05, 0.1) is 6.42 Å². The van der Waals surface area contributed by atoms with Crippen LogP contribution in [-0.2, 0) is 9.59 Å². The summed E-state index contributed by atoms with van der Waals surface area (Å²) in [5, 5.41) is 13.1. The molecule has 0 aliphatic carbocycles. The maximum Gasteiger partial charge on any atom is 0.251 e. The zero-order chi connectivity index (χ0) is 25.2. The van der Waals surface area contributed by atoms with Gasteiger partial charge in [-0.3, -0.25) is 9.59 Å². The van der Waals surface area contributed by atoms with Crippen molar-refractivity contribution < 1.29 is 14.7 Å². The normalized spacial score (nSPS) is 11.5. The third-order valence-corrected chi connectivity index (χ3v) is 5.68. The van der Waals surface area contributed by atoms with E-state index in [1.54, 1.807) is 4.90 Å². The van der Waals surface area contributed by atoms with E-state index in [9.17, 15) is 14.7 Å². The molecule has 0 aromatic heterocycles. The van der Waals surface area contributed by atoms with Gasteiger partial charge in [0.2, 0.25) is 5.91 Å². The summed E-state index contributed by atoms with van der Waals surface area (Å²) >= 11 is 0. The molecule has 0 rings (SSSR count). The minimum absolute atomic E-state index is 0.295. The van der Waals surface area contributed by atoms with E-state index < -0.39 is 12.0 Å². The highest BCUT2D eigenvalue weighted by Crippen LogP contribution is 2.11. The van der Waals surface area contributed by atoms with Gasteiger partial charge in [-0.05, 0) is 38.8 Å². The Morgan fingerprint density at radius 2 is 1.15 bits per heavy atom. The van der Waals surface area contributed by atoms with Crippen LogP contribution < -0.4 is 11.1 Å². The third-order valence-electron chi connectivity index (χ3n) is 5.68. The van der Waals surface area contributed by atoms with Gasteiger partial charge < -0.3 is 21.1 Å². The SMILES string of the molecule is CCCCCCCCCCCCN(CCC)C(=O)C(O)CC(N)=O.CCCCNCCCC. The van der Waals surface area contributed by atoms with Crippen LogP contribution in [0, 0.1) is 0 Å². The zero-order valence-electron chi connectivity index (χ0n) is 22.5. The van der Waals surface area contributed by atoms with Crippen molar-refractivity contribution in [3.63, 3.8) is 0 Å². The minimum atomic E-state index is -1.29. The molecule has 6 nitrogen and oxygen atoms in total. The van der Waals surface area contributed by atoms with Gasteiger partial charge in [-0.25, -0.2) is 0 Å². The molecule has 0 aliphatic rings. The van der Waals surface area contributed by atoms with E-state index in [1.807, 2.05) is 6.92 Å². The molecule has 6 heteroatoms. The zero-order valence-corrected chi connectivity index (χ0v) is 22.5. The highest BCUT2D eigenvalue weighted by molar-refractivity contribution is 5.86. The molecule has 1 unspecified atom stereocenters. The number of unbranched alkanes of at least 4 members (excludes halogenated alkanes) is 11. The predicted octanol–water partition coefficient (Wildman–Crippen LogP) is 5.56. The van der Waals surface area contributed by atoms with Gasteiger partial charge in [0, 0.05) is 13.1 Å². The van der Waals surface area contributed by atoms with Crippen LogP contribution in [-0.4, -0.2) is 54.1 Å². The topological polar surface area (TPSA) is 95.7 Å². The van der Waals surface area contributed by atoms with Crippen molar-refractivity contribution >= 4 is 11.8 Å². The number of amides is 2. The van der Waals surface area contributed by atoms with Gasteiger partial charge in [-0.15, -0.1) is 0 Å². The quantitative estimate of drug-likeness (QED) is 0.180. The first kappa shape index (κ1) is 34.0. The molecule has 0 bridgehead atoms. The molecule has 0 saturated carbocycles. The summed E-state index contributed by atoms with van der Waals surface area (Å²) in [5.74, 6) is -1.02.